The Morgan fingerprint density at radius 1 is 1.32 bits per heavy atom. The molecule has 19 heavy (non-hydrogen) atoms. The molecule has 0 unspecified atom stereocenters. The summed E-state index contributed by atoms with van der Waals surface area (Å²) in [5.74, 6) is 0.0744. The molecule has 4 nitrogen and oxygen atoms in total. The maximum Gasteiger partial charge on any atom is 0.225 e. The molecule has 0 bridgehead atoms. The van der Waals surface area contributed by atoms with Gasteiger partial charge in [-0.3, -0.25) is 4.79 Å². The molecule has 0 radical (unpaired) electrons. The number of para-hydroxylation sites is 1. The van der Waals surface area contributed by atoms with Crippen molar-refractivity contribution in [2.75, 3.05) is 27.2 Å². The van der Waals surface area contributed by atoms with E-state index in [2.05, 4.69) is 15.2 Å². The van der Waals surface area contributed by atoms with Crippen LogP contribution in [0.5, 0.6) is 0 Å². The minimum atomic E-state index is 0.0744. The summed E-state index contributed by atoms with van der Waals surface area (Å²) in [6, 6.07) is 10.1. The third-order valence-corrected chi connectivity index (χ3v) is 3.04. The van der Waals surface area contributed by atoms with E-state index in [0.717, 1.165) is 36.1 Å². The van der Waals surface area contributed by atoms with Gasteiger partial charge in [-0.1, -0.05) is 18.2 Å². The molecule has 2 rings (SSSR count). The first kappa shape index (κ1) is 13.6. The zero-order valence-electron chi connectivity index (χ0n) is 11.6. The van der Waals surface area contributed by atoms with Crippen molar-refractivity contribution < 1.29 is 4.79 Å². The second-order valence-electron chi connectivity index (χ2n) is 5.07. The molecule has 1 heterocycles. The molecule has 1 aromatic heterocycles. The van der Waals surface area contributed by atoms with Gasteiger partial charge in [-0.2, -0.15) is 0 Å². The van der Waals surface area contributed by atoms with Crippen LogP contribution in [0.15, 0.2) is 30.3 Å². The Bertz CT molecular complexity index is 512. The third-order valence-electron chi connectivity index (χ3n) is 3.04. The normalized spacial score (nSPS) is 11.1. The van der Waals surface area contributed by atoms with Gasteiger partial charge in [-0.15, -0.1) is 0 Å². The molecular formula is C15H21N3O. The highest BCUT2D eigenvalue weighted by molar-refractivity contribution is 5.83. The fourth-order valence-corrected chi connectivity index (χ4v) is 2.09. The summed E-state index contributed by atoms with van der Waals surface area (Å²) in [6.45, 7) is 1.73. The van der Waals surface area contributed by atoms with E-state index < -0.39 is 0 Å². The van der Waals surface area contributed by atoms with E-state index in [1.807, 2.05) is 44.4 Å². The molecule has 102 valence electrons. The summed E-state index contributed by atoms with van der Waals surface area (Å²) in [5, 5.41) is 4.10. The number of carbonyl (C=O) groups excluding carboxylic acids is 1. The van der Waals surface area contributed by atoms with Crippen molar-refractivity contribution in [3.05, 3.63) is 36.0 Å². The summed E-state index contributed by atoms with van der Waals surface area (Å²) >= 11 is 0. The van der Waals surface area contributed by atoms with Gasteiger partial charge in [-0.05, 0) is 44.6 Å². The van der Waals surface area contributed by atoms with Crippen LogP contribution in [0.1, 0.15) is 12.1 Å². The molecule has 0 aliphatic rings. The van der Waals surface area contributed by atoms with Crippen molar-refractivity contribution in [1.82, 2.24) is 15.2 Å². The zero-order valence-corrected chi connectivity index (χ0v) is 11.6. The molecule has 4 heteroatoms. The molecule has 2 N–H and O–H groups in total. The smallest absolute Gasteiger partial charge is 0.225 e. The largest absolute Gasteiger partial charge is 0.358 e. The molecule has 1 amide bonds. The summed E-state index contributed by atoms with van der Waals surface area (Å²) in [4.78, 5) is 17.2. The van der Waals surface area contributed by atoms with E-state index >= 15 is 0 Å². The van der Waals surface area contributed by atoms with Crippen LogP contribution < -0.4 is 5.32 Å². The molecule has 0 atom stereocenters. The van der Waals surface area contributed by atoms with Crippen LogP contribution in [-0.4, -0.2) is 43.0 Å². The Hall–Kier alpha value is -1.81. The third kappa shape index (κ3) is 4.10. The van der Waals surface area contributed by atoms with Crippen molar-refractivity contribution in [2.45, 2.75) is 12.8 Å². The number of nitrogens with one attached hydrogen (secondary N) is 2. The maximum absolute atomic E-state index is 11.8. The highest BCUT2D eigenvalue weighted by atomic mass is 16.1. The van der Waals surface area contributed by atoms with Gasteiger partial charge in [0.1, 0.15) is 0 Å². The van der Waals surface area contributed by atoms with E-state index in [4.69, 9.17) is 0 Å². The lowest BCUT2D eigenvalue weighted by Crippen LogP contribution is -2.28. The van der Waals surface area contributed by atoms with Crippen molar-refractivity contribution in [3.63, 3.8) is 0 Å². The second kappa shape index (κ2) is 6.38. The van der Waals surface area contributed by atoms with E-state index in [1.165, 1.54) is 0 Å². The summed E-state index contributed by atoms with van der Waals surface area (Å²) in [6.07, 6.45) is 1.39. The number of benzene rings is 1. The van der Waals surface area contributed by atoms with Gasteiger partial charge in [0, 0.05) is 17.8 Å². The van der Waals surface area contributed by atoms with Crippen molar-refractivity contribution in [1.29, 1.82) is 0 Å². The number of hydrogen-bond acceptors (Lipinski definition) is 2. The highest BCUT2D eigenvalue weighted by Crippen LogP contribution is 2.14. The number of hydrogen-bond donors (Lipinski definition) is 2. The maximum atomic E-state index is 11.8. The number of carbonyl (C=O) groups is 1. The van der Waals surface area contributed by atoms with Gasteiger partial charge in [0.05, 0.1) is 6.42 Å². The Balaban J connectivity index is 1.81. The summed E-state index contributed by atoms with van der Waals surface area (Å²) < 4.78 is 0. The lowest BCUT2D eigenvalue weighted by Gasteiger charge is -2.09. The van der Waals surface area contributed by atoms with Gasteiger partial charge in [0.2, 0.25) is 5.91 Å². The molecule has 1 aromatic carbocycles. The van der Waals surface area contributed by atoms with Gasteiger partial charge < -0.3 is 15.2 Å². The van der Waals surface area contributed by atoms with Crippen LogP contribution in [-0.2, 0) is 11.2 Å². The number of fused-ring (bicyclic) bond motifs is 1. The summed E-state index contributed by atoms with van der Waals surface area (Å²) in [5.41, 5.74) is 2.05. The molecule has 0 aliphatic heterocycles. The zero-order chi connectivity index (χ0) is 13.7. The molecule has 0 saturated carbocycles. The predicted octanol–water partition coefficient (Wildman–Crippen LogP) is 1.78. The number of nitrogens with zero attached hydrogens (tertiary/aromatic N) is 1. The number of amides is 1. The molecule has 0 fully saturated rings. The van der Waals surface area contributed by atoms with Gasteiger partial charge in [-0.25, -0.2) is 0 Å². The number of rotatable bonds is 6. The van der Waals surface area contributed by atoms with Crippen molar-refractivity contribution in [2.24, 2.45) is 0 Å². The van der Waals surface area contributed by atoms with E-state index in [0.29, 0.717) is 6.42 Å². The summed E-state index contributed by atoms with van der Waals surface area (Å²) in [7, 11) is 4.07. The topological polar surface area (TPSA) is 48.1 Å². The Labute approximate surface area is 113 Å². The van der Waals surface area contributed by atoms with Crippen LogP contribution in [0.3, 0.4) is 0 Å². The SMILES string of the molecule is CN(C)CCCNC(=O)Cc1cc2ccccc2[nH]1. The standard InChI is InChI=1S/C15H21N3O/c1-18(2)9-5-8-16-15(19)11-13-10-12-6-3-4-7-14(12)17-13/h3-4,6-7,10,17H,5,8-9,11H2,1-2H3,(H,16,19). The van der Waals surface area contributed by atoms with Gasteiger partial charge >= 0.3 is 0 Å². The molecular weight excluding hydrogens is 238 g/mol. The average molecular weight is 259 g/mol. The quantitative estimate of drug-likeness (QED) is 0.777. The Kier molecular flexibility index (Phi) is 4.58. The molecule has 0 spiro atoms. The van der Waals surface area contributed by atoms with E-state index in [-0.39, 0.29) is 5.91 Å². The average Bonchev–Trinajstić information content (AvgIpc) is 2.76. The van der Waals surface area contributed by atoms with Gasteiger partial charge in [0.15, 0.2) is 0 Å². The minimum absolute atomic E-state index is 0.0744. The van der Waals surface area contributed by atoms with Crippen LogP contribution in [0, 0.1) is 0 Å². The van der Waals surface area contributed by atoms with E-state index in [9.17, 15) is 4.79 Å². The van der Waals surface area contributed by atoms with Crippen molar-refractivity contribution >= 4 is 16.8 Å². The van der Waals surface area contributed by atoms with E-state index in [1.54, 1.807) is 0 Å². The van der Waals surface area contributed by atoms with Crippen LogP contribution in [0.25, 0.3) is 10.9 Å². The molecule has 0 aliphatic carbocycles. The van der Waals surface area contributed by atoms with Gasteiger partial charge in [0.25, 0.3) is 0 Å². The lowest BCUT2D eigenvalue weighted by atomic mass is 10.2. The highest BCUT2D eigenvalue weighted by Gasteiger charge is 2.05. The number of H-pyrrole nitrogens is 1. The number of aromatic nitrogens is 1. The van der Waals surface area contributed by atoms with Crippen molar-refractivity contribution in [3.8, 4) is 0 Å². The lowest BCUT2D eigenvalue weighted by molar-refractivity contribution is -0.120. The fraction of sp³-hybridized carbons (Fsp3) is 0.400. The predicted molar refractivity (Wildman–Crippen MR) is 78.2 cm³/mol. The first-order valence-electron chi connectivity index (χ1n) is 6.63. The monoisotopic (exact) mass is 259 g/mol. The Morgan fingerprint density at radius 3 is 2.84 bits per heavy atom. The van der Waals surface area contributed by atoms with Crippen LogP contribution in [0.2, 0.25) is 0 Å². The molecule has 2 aromatic rings. The number of aromatic amines is 1. The second-order valence-corrected chi connectivity index (χ2v) is 5.07. The fourth-order valence-electron chi connectivity index (χ4n) is 2.09. The first-order valence-corrected chi connectivity index (χ1v) is 6.63. The van der Waals surface area contributed by atoms with Crippen LogP contribution in [0.4, 0.5) is 0 Å². The van der Waals surface area contributed by atoms with Crippen LogP contribution >= 0.6 is 0 Å². The Morgan fingerprint density at radius 2 is 2.11 bits per heavy atom. The minimum Gasteiger partial charge on any atom is -0.358 e. The molecule has 0 saturated heterocycles. The first-order chi connectivity index (χ1) is 9.15.